The second kappa shape index (κ2) is 13.4. The maximum absolute atomic E-state index is 5.89. The molecule has 0 spiro atoms. The molecule has 0 amide bonds. The Bertz CT molecular complexity index is 809. The van der Waals surface area contributed by atoms with E-state index in [1.807, 2.05) is 50.4 Å². The Morgan fingerprint density at radius 1 is 1.10 bits per heavy atom. The van der Waals surface area contributed by atoms with E-state index >= 15 is 0 Å². The number of benzene rings is 1. The molecular weight excluding hydrogens is 507 g/mol. The van der Waals surface area contributed by atoms with Crippen LogP contribution in [0.1, 0.15) is 32.3 Å². The number of aromatic nitrogens is 1. The quantitative estimate of drug-likeness (QED) is 0.303. The summed E-state index contributed by atoms with van der Waals surface area (Å²) in [4.78, 5) is 11.0. The second-order valence-electron chi connectivity index (χ2n) is 7.05. The third-order valence-electron chi connectivity index (χ3n) is 4.96. The Hall–Kier alpha value is -2.07. The van der Waals surface area contributed by atoms with E-state index in [4.69, 9.17) is 14.2 Å². The number of rotatable bonds is 8. The van der Waals surface area contributed by atoms with E-state index in [-0.39, 0.29) is 24.0 Å². The van der Waals surface area contributed by atoms with Gasteiger partial charge in [-0.2, -0.15) is 0 Å². The zero-order valence-corrected chi connectivity index (χ0v) is 20.9. The van der Waals surface area contributed by atoms with Crippen molar-refractivity contribution < 1.29 is 14.2 Å². The van der Waals surface area contributed by atoms with Crippen molar-refractivity contribution in [2.75, 3.05) is 33.4 Å². The highest BCUT2D eigenvalue weighted by atomic mass is 127. The molecule has 1 aliphatic heterocycles. The Labute approximate surface area is 202 Å². The van der Waals surface area contributed by atoms with Crippen molar-refractivity contribution >= 4 is 29.9 Å². The third-order valence-corrected chi connectivity index (χ3v) is 4.96. The number of nitrogens with zero attached hydrogens (tertiary/aromatic N) is 3. The molecule has 1 aromatic carbocycles. The van der Waals surface area contributed by atoms with Crippen LogP contribution in [0, 0.1) is 0 Å². The number of nitrogens with one attached hydrogen (secondary N) is 1. The predicted octanol–water partition coefficient (Wildman–Crippen LogP) is 4.47. The SMILES string of the molecule is CCOc1ccc(Oc2cc(CNC(=NC)N3CCC(OCC)CC3)ccn2)cc1.I. The first kappa shape index (κ1) is 25.2. The van der Waals surface area contributed by atoms with E-state index in [1.165, 1.54) is 0 Å². The first-order valence-corrected chi connectivity index (χ1v) is 10.6. The number of guanidine groups is 1. The summed E-state index contributed by atoms with van der Waals surface area (Å²) >= 11 is 0. The highest BCUT2D eigenvalue weighted by Gasteiger charge is 2.21. The number of pyridine rings is 1. The van der Waals surface area contributed by atoms with Crippen molar-refractivity contribution in [2.24, 2.45) is 4.99 Å². The van der Waals surface area contributed by atoms with Crippen molar-refractivity contribution in [2.45, 2.75) is 39.3 Å². The number of halogens is 1. The summed E-state index contributed by atoms with van der Waals surface area (Å²) in [7, 11) is 1.82. The average molecular weight is 540 g/mol. The van der Waals surface area contributed by atoms with Gasteiger partial charge in [0.1, 0.15) is 11.5 Å². The van der Waals surface area contributed by atoms with E-state index in [1.54, 1.807) is 6.20 Å². The number of piperidine rings is 1. The highest BCUT2D eigenvalue weighted by Crippen LogP contribution is 2.23. The standard InChI is InChI=1S/C23H32N4O3.HI/c1-4-28-19-6-8-21(9-7-19)30-22-16-18(10-13-25-22)17-26-23(24-3)27-14-11-20(12-15-27)29-5-2;/h6-10,13,16,20H,4-5,11-12,14-15,17H2,1-3H3,(H,24,26);1H. The zero-order valence-electron chi connectivity index (χ0n) is 18.5. The van der Waals surface area contributed by atoms with Crippen LogP contribution in [-0.4, -0.2) is 55.3 Å². The zero-order chi connectivity index (χ0) is 21.2. The molecule has 1 N–H and O–H groups in total. The fourth-order valence-corrected chi connectivity index (χ4v) is 3.49. The van der Waals surface area contributed by atoms with Gasteiger partial charge in [0.15, 0.2) is 5.96 Å². The molecular formula is C23H33IN4O3. The normalized spacial score (nSPS) is 14.7. The van der Waals surface area contributed by atoms with E-state index in [0.29, 0.717) is 25.1 Å². The minimum Gasteiger partial charge on any atom is -0.494 e. The lowest BCUT2D eigenvalue weighted by molar-refractivity contribution is 0.0263. The average Bonchev–Trinajstić information content (AvgIpc) is 2.77. The van der Waals surface area contributed by atoms with Gasteiger partial charge in [-0.25, -0.2) is 4.98 Å². The third kappa shape index (κ3) is 7.84. The van der Waals surface area contributed by atoms with Gasteiger partial charge < -0.3 is 24.4 Å². The van der Waals surface area contributed by atoms with Crippen molar-refractivity contribution in [1.29, 1.82) is 0 Å². The maximum atomic E-state index is 5.89. The first-order valence-electron chi connectivity index (χ1n) is 10.6. The molecule has 0 saturated carbocycles. The van der Waals surface area contributed by atoms with E-state index in [2.05, 4.69) is 27.1 Å². The number of hydrogen-bond donors (Lipinski definition) is 1. The molecule has 170 valence electrons. The first-order chi connectivity index (χ1) is 14.7. The molecule has 0 unspecified atom stereocenters. The summed E-state index contributed by atoms with van der Waals surface area (Å²) in [6.07, 6.45) is 4.19. The Morgan fingerprint density at radius 2 is 1.81 bits per heavy atom. The van der Waals surface area contributed by atoms with Crippen molar-refractivity contribution in [3.05, 3.63) is 48.2 Å². The molecule has 1 aromatic heterocycles. The van der Waals surface area contributed by atoms with Gasteiger partial charge in [-0.1, -0.05) is 0 Å². The molecule has 7 nitrogen and oxygen atoms in total. The van der Waals surface area contributed by atoms with Crippen molar-refractivity contribution in [3.63, 3.8) is 0 Å². The largest absolute Gasteiger partial charge is 0.494 e. The second-order valence-corrected chi connectivity index (χ2v) is 7.05. The van der Waals surface area contributed by atoms with Crippen molar-refractivity contribution in [3.8, 4) is 17.4 Å². The number of aliphatic imine (C=N–C) groups is 1. The van der Waals surface area contributed by atoms with Gasteiger partial charge in [0.05, 0.1) is 12.7 Å². The minimum atomic E-state index is 0. The van der Waals surface area contributed by atoms with Crippen LogP contribution in [0.15, 0.2) is 47.6 Å². The van der Waals surface area contributed by atoms with E-state index in [0.717, 1.165) is 55.6 Å². The number of hydrogen-bond acceptors (Lipinski definition) is 5. The van der Waals surface area contributed by atoms with E-state index < -0.39 is 0 Å². The molecule has 1 aliphatic rings. The van der Waals surface area contributed by atoms with Gasteiger partial charge in [0, 0.05) is 45.6 Å². The fraction of sp³-hybridized carbons (Fsp3) is 0.478. The molecule has 8 heteroatoms. The molecule has 3 rings (SSSR count). The smallest absolute Gasteiger partial charge is 0.219 e. The Morgan fingerprint density at radius 3 is 2.45 bits per heavy atom. The van der Waals surface area contributed by atoms with Crippen LogP contribution in [0.25, 0.3) is 0 Å². The highest BCUT2D eigenvalue weighted by molar-refractivity contribution is 14.0. The molecule has 0 bridgehead atoms. The molecule has 0 radical (unpaired) electrons. The summed E-state index contributed by atoms with van der Waals surface area (Å²) in [6.45, 7) is 7.99. The lowest BCUT2D eigenvalue weighted by Gasteiger charge is -2.34. The predicted molar refractivity (Wildman–Crippen MR) is 134 cm³/mol. The van der Waals surface area contributed by atoms with Crippen LogP contribution >= 0.6 is 24.0 Å². The summed E-state index contributed by atoms with van der Waals surface area (Å²) in [5.74, 6) is 3.03. The van der Waals surface area contributed by atoms with Gasteiger partial charge in [-0.3, -0.25) is 4.99 Å². The van der Waals surface area contributed by atoms with E-state index in [9.17, 15) is 0 Å². The molecule has 0 aliphatic carbocycles. The molecule has 2 aromatic rings. The summed E-state index contributed by atoms with van der Waals surface area (Å²) in [5, 5.41) is 3.45. The van der Waals surface area contributed by atoms with Crippen LogP contribution in [0.2, 0.25) is 0 Å². The Balaban J connectivity index is 0.00000341. The molecule has 0 atom stereocenters. The number of likely N-dealkylation sites (tertiary alicyclic amines) is 1. The fourth-order valence-electron chi connectivity index (χ4n) is 3.49. The van der Waals surface area contributed by atoms with Gasteiger partial charge in [0.2, 0.25) is 5.88 Å². The number of ether oxygens (including phenoxy) is 3. The van der Waals surface area contributed by atoms with Gasteiger partial charge >= 0.3 is 0 Å². The topological polar surface area (TPSA) is 68.2 Å². The van der Waals surface area contributed by atoms with Crippen LogP contribution in [0.3, 0.4) is 0 Å². The maximum Gasteiger partial charge on any atom is 0.219 e. The van der Waals surface area contributed by atoms with Gasteiger partial charge in [-0.05, 0) is 62.6 Å². The van der Waals surface area contributed by atoms with Crippen LogP contribution in [-0.2, 0) is 11.3 Å². The minimum absolute atomic E-state index is 0. The van der Waals surface area contributed by atoms with Gasteiger partial charge in [-0.15, -0.1) is 24.0 Å². The van der Waals surface area contributed by atoms with Crippen molar-refractivity contribution in [1.82, 2.24) is 15.2 Å². The molecule has 1 saturated heterocycles. The lowest BCUT2D eigenvalue weighted by atomic mass is 10.1. The van der Waals surface area contributed by atoms with Crippen LogP contribution in [0.5, 0.6) is 17.4 Å². The summed E-state index contributed by atoms with van der Waals surface area (Å²) in [6, 6.07) is 11.5. The lowest BCUT2D eigenvalue weighted by Crippen LogP contribution is -2.46. The summed E-state index contributed by atoms with van der Waals surface area (Å²) in [5.41, 5.74) is 1.08. The molecule has 31 heavy (non-hydrogen) atoms. The van der Waals surface area contributed by atoms with Crippen LogP contribution in [0.4, 0.5) is 0 Å². The van der Waals surface area contributed by atoms with Gasteiger partial charge in [0.25, 0.3) is 0 Å². The molecule has 2 heterocycles. The summed E-state index contributed by atoms with van der Waals surface area (Å²) < 4.78 is 17.1. The molecule has 1 fully saturated rings. The van der Waals surface area contributed by atoms with Crippen LogP contribution < -0.4 is 14.8 Å². The Kier molecular flexibility index (Phi) is 10.9. The monoisotopic (exact) mass is 540 g/mol.